The quantitative estimate of drug-likeness (QED) is 0.761. The van der Waals surface area contributed by atoms with Crippen LogP contribution in [0.3, 0.4) is 0 Å². The van der Waals surface area contributed by atoms with Gasteiger partial charge in [0.2, 0.25) is 0 Å². The van der Waals surface area contributed by atoms with Crippen LogP contribution in [0.1, 0.15) is 18.9 Å². The van der Waals surface area contributed by atoms with Crippen molar-refractivity contribution < 1.29 is 9.53 Å². The second-order valence-electron chi connectivity index (χ2n) is 4.21. The third-order valence-corrected chi connectivity index (χ3v) is 3.06. The molecule has 1 aromatic carbocycles. The summed E-state index contributed by atoms with van der Waals surface area (Å²) in [4.78, 5) is 13.8. The molecule has 0 aliphatic carbocycles. The highest BCUT2D eigenvalue weighted by Gasteiger charge is 2.27. The number of hydrogen-bond donors (Lipinski definition) is 0. The molecule has 1 amide bonds. The van der Waals surface area contributed by atoms with Gasteiger partial charge in [0.05, 0.1) is 0 Å². The first-order valence-electron chi connectivity index (χ1n) is 5.63. The van der Waals surface area contributed by atoms with E-state index in [1.807, 2.05) is 23.1 Å². The van der Waals surface area contributed by atoms with Crippen LogP contribution in [0.15, 0.2) is 24.3 Å². The SMILES string of the molecule is COCC(=O)N1c2ccccc2CCC1C. The summed E-state index contributed by atoms with van der Waals surface area (Å²) in [7, 11) is 1.55. The first kappa shape index (κ1) is 11.1. The molecule has 1 aliphatic rings. The zero-order valence-electron chi connectivity index (χ0n) is 9.77. The van der Waals surface area contributed by atoms with E-state index in [1.54, 1.807) is 7.11 Å². The molecular formula is C13H17NO2. The van der Waals surface area contributed by atoms with E-state index in [9.17, 15) is 4.79 Å². The van der Waals surface area contributed by atoms with E-state index in [0.29, 0.717) is 0 Å². The second-order valence-corrected chi connectivity index (χ2v) is 4.21. The fourth-order valence-corrected chi connectivity index (χ4v) is 2.26. The lowest BCUT2D eigenvalue weighted by Gasteiger charge is -2.35. The summed E-state index contributed by atoms with van der Waals surface area (Å²) in [6.07, 6.45) is 2.07. The molecule has 0 saturated heterocycles. The van der Waals surface area contributed by atoms with Gasteiger partial charge in [-0.1, -0.05) is 18.2 Å². The number of aryl methyl sites for hydroxylation is 1. The molecule has 0 saturated carbocycles. The maximum atomic E-state index is 12.0. The van der Waals surface area contributed by atoms with Crippen molar-refractivity contribution in [1.82, 2.24) is 0 Å². The molecular weight excluding hydrogens is 202 g/mol. The van der Waals surface area contributed by atoms with Gasteiger partial charge in [-0.25, -0.2) is 0 Å². The van der Waals surface area contributed by atoms with Crippen LogP contribution in [0.2, 0.25) is 0 Å². The average Bonchev–Trinajstić information content (AvgIpc) is 2.29. The molecule has 0 radical (unpaired) electrons. The van der Waals surface area contributed by atoms with Crippen LogP contribution in [0.25, 0.3) is 0 Å². The summed E-state index contributed by atoms with van der Waals surface area (Å²) < 4.78 is 4.93. The number of carbonyl (C=O) groups is 1. The number of amides is 1. The van der Waals surface area contributed by atoms with Crippen LogP contribution < -0.4 is 4.90 Å². The highest BCUT2D eigenvalue weighted by molar-refractivity contribution is 5.96. The van der Waals surface area contributed by atoms with Crippen molar-refractivity contribution >= 4 is 11.6 Å². The molecule has 16 heavy (non-hydrogen) atoms. The van der Waals surface area contributed by atoms with E-state index in [0.717, 1.165) is 18.5 Å². The van der Waals surface area contributed by atoms with Crippen LogP contribution in [0.4, 0.5) is 5.69 Å². The monoisotopic (exact) mass is 219 g/mol. The molecule has 3 nitrogen and oxygen atoms in total. The molecule has 1 heterocycles. The molecule has 86 valence electrons. The molecule has 2 rings (SSSR count). The first-order valence-corrected chi connectivity index (χ1v) is 5.63. The number of rotatable bonds is 2. The third kappa shape index (κ3) is 1.95. The minimum Gasteiger partial charge on any atom is -0.375 e. The number of methoxy groups -OCH3 is 1. The number of ether oxygens (including phenoxy) is 1. The van der Waals surface area contributed by atoms with Crippen molar-refractivity contribution in [3.8, 4) is 0 Å². The Hall–Kier alpha value is -1.35. The normalized spacial score (nSPS) is 19.4. The molecule has 0 N–H and O–H groups in total. The summed E-state index contributed by atoms with van der Waals surface area (Å²) >= 11 is 0. The van der Waals surface area contributed by atoms with E-state index in [-0.39, 0.29) is 18.6 Å². The smallest absolute Gasteiger partial charge is 0.253 e. The van der Waals surface area contributed by atoms with Crippen molar-refractivity contribution in [2.24, 2.45) is 0 Å². The topological polar surface area (TPSA) is 29.5 Å². The van der Waals surface area contributed by atoms with Crippen LogP contribution >= 0.6 is 0 Å². The van der Waals surface area contributed by atoms with Crippen LogP contribution in [0.5, 0.6) is 0 Å². The summed E-state index contributed by atoms with van der Waals surface area (Å²) in [6, 6.07) is 8.36. The lowest BCUT2D eigenvalue weighted by Crippen LogP contribution is -2.43. The molecule has 0 spiro atoms. The van der Waals surface area contributed by atoms with E-state index in [4.69, 9.17) is 4.74 Å². The van der Waals surface area contributed by atoms with Crippen LogP contribution in [0, 0.1) is 0 Å². The Balaban J connectivity index is 2.33. The number of carbonyl (C=O) groups excluding carboxylic acids is 1. The molecule has 1 aromatic rings. The van der Waals surface area contributed by atoms with E-state index >= 15 is 0 Å². The Morgan fingerprint density at radius 1 is 1.50 bits per heavy atom. The number of anilines is 1. The Bertz CT molecular complexity index is 389. The van der Waals surface area contributed by atoms with Crippen molar-refractivity contribution in [1.29, 1.82) is 0 Å². The van der Waals surface area contributed by atoms with Crippen molar-refractivity contribution in [3.63, 3.8) is 0 Å². The predicted molar refractivity (Wildman–Crippen MR) is 63.6 cm³/mol. The van der Waals surface area contributed by atoms with E-state index in [2.05, 4.69) is 13.0 Å². The van der Waals surface area contributed by atoms with Gasteiger partial charge in [0.25, 0.3) is 5.91 Å². The van der Waals surface area contributed by atoms with Gasteiger partial charge in [0.1, 0.15) is 6.61 Å². The summed E-state index contributed by atoms with van der Waals surface area (Å²) in [6.45, 7) is 2.24. The maximum Gasteiger partial charge on any atom is 0.253 e. The van der Waals surface area contributed by atoms with E-state index in [1.165, 1.54) is 5.56 Å². The molecule has 1 unspecified atom stereocenters. The predicted octanol–water partition coefficient (Wildman–Crippen LogP) is 2.00. The minimum absolute atomic E-state index is 0.0437. The number of benzene rings is 1. The van der Waals surface area contributed by atoms with Gasteiger partial charge in [-0.2, -0.15) is 0 Å². The van der Waals surface area contributed by atoms with Gasteiger partial charge >= 0.3 is 0 Å². The largest absolute Gasteiger partial charge is 0.375 e. The number of fused-ring (bicyclic) bond motifs is 1. The fraction of sp³-hybridized carbons (Fsp3) is 0.462. The molecule has 0 bridgehead atoms. The number of nitrogens with zero attached hydrogens (tertiary/aromatic N) is 1. The standard InChI is InChI=1S/C13H17NO2/c1-10-7-8-11-5-3-4-6-12(11)14(10)13(15)9-16-2/h3-6,10H,7-9H2,1-2H3. The minimum atomic E-state index is 0.0437. The molecule has 1 aliphatic heterocycles. The average molecular weight is 219 g/mol. The summed E-state index contributed by atoms with van der Waals surface area (Å²) in [5.41, 5.74) is 2.30. The highest BCUT2D eigenvalue weighted by Crippen LogP contribution is 2.30. The maximum absolute atomic E-state index is 12.0. The molecule has 3 heteroatoms. The van der Waals surface area contributed by atoms with Gasteiger partial charge in [-0.05, 0) is 31.4 Å². The summed E-state index contributed by atoms with van der Waals surface area (Å²) in [5.74, 6) is 0.0437. The van der Waals surface area contributed by atoms with Crippen molar-refractivity contribution in [2.75, 3.05) is 18.6 Å². The number of hydrogen-bond acceptors (Lipinski definition) is 2. The third-order valence-electron chi connectivity index (χ3n) is 3.06. The fourth-order valence-electron chi connectivity index (χ4n) is 2.26. The van der Waals surface area contributed by atoms with E-state index < -0.39 is 0 Å². The lowest BCUT2D eigenvalue weighted by atomic mass is 9.96. The Labute approximate surface area is 96.0 Å². The Kier molecular flexibility index (Phi) is 3.25. The van der Waals surface area contributed by atoms with Crippen LogP contribution in [-0.2, 0) is 16.0 Å². The van der Waals surface area contributed by atoms with Gasteiger partial charge in [0, 0.05) is 18.8 Å². The lowest BCUT2D eigenvalue weighted by molar-refractivity contribution is -0.122. The summed E-state index contributed by atoms with van der Waals surface area (Å²) in [5, 5.41) is 0. The second kappa shape index (κ2) is 4.66. The zero-order chi connectivity index (χ0) is 11.5. The van der Waals surface area contributed by atoms with Crippen molar-refractivity contribution in [2.45, 2.75) is 25.8 Å². The molecule has 1 atom stereocenters. The zero-order valence-corrected chi connectivity index (χ0v) is 9.77. The molecule has 0 fully saturated rings. The first-order chi connectivity index (χ1) is 7.74. The van der Waals surface area contributed by atoms with Gasteiger partial charge in [0.15, 0.2) is 0 Å². The molecule has 0 aromatic heterocycles. The number of para-hydroxylation sites is 1. The van der Waals surface area contributed by atoms with Crippen LogP contribution in [-0.4, -0.2) is 25.7 Å². The Morgan fingerprint density at radius 3 is 3.00 bits per heavy atom. The van der Waals surface area contributed by atoms with Gasteiger partial charge < -0.3 is 9.64 Å². The van der Waals surface area contributed by atoms with Gasteiger partial charge in [-0.15, -0.1) is 0 Å². The Morgan fingerprint density at radius 2 is 2.25 bits per heavy atom. The highest BCUT2D eigenvalue weighted by atomic mass is 16.5. The van der Waals surface area contributed by atoms with Gasteiger partial charge in [-0.3, -0.25) is 4.79 Å². The van der Waals surface area contributed by atoms with Crippen molar-refractivity contribution in [3.05, 3.63) is 29.8 Å².